The lowest BCUT2D eigenvalue weighted by molar-refractivity contribution is 0.456. The molecule has 2 nitrogen and oxygen atoms in total. The molecule has 0 radical (unpaired) electrons. The fourth-order valence-electron chi connectivity index (χ4n) is 4.46. The molecule has 92 valence electrons. The molecule has 0 aromatic heterocycles. The van der Waals surface area contributed by atoms with Crippen LogP contribution in [0.2, 0.25) is 5.02 Å². The van der Waals surface area contributed by atoms with Gasteiger partial charge in [0.05, 0.1) is 16.3 Å². The molecule has 3 aliphatic rings. The van der Waals surface area contributed by atoms with Gasteiger partial charge in [-0.15, -0.1) is 0 Å². The highest BCUT2D eigenvalue weighted by Gasteiger charge is 2.65. The molecule has 3 aliphatic carbocycles. The third-order valence-electron chi connectivity index (χ3n) is 5.18. The Morgan fingerprint density at radius 3 is 2.61 bits per heavy atom. The van der Waals surface area contributed by atoms with Crippen molar-refractivity contribution >= 4 is 17.3 Å². The van der Waals surface area contributed by atoms with Crippen molar-refractivity contribution in [3.63, 3.8) is 0 Å². The van der Waals surface area contributed by atoms with E-state index in [-0.39, 0.29) is 0 Å². The van der Waals surface area contributed by atoms with Crippen LogP contribution in [-0.2, 0) is 0 Å². The fraction of sp³-hybridized carbons (Fsp3) is 0.533. The number of anilines is 1. The van der Waals surface area contributed by atoms with Gasteiger partial charge in [0.2, 0.25) is 0 Å². The zero-order valence-electron chi connectivity index (χ0n) is 10.1. The Hall–Kier alpha value is -1.20. The average Bonchev–Trinajstić information content (AvgIpc) is 2.78. The van der Waals surface area contributed by atoms with Gasteiger partial charge in [0.25, 0.3) is 0 Å². The van der Waals surface area contributed by atoms with Crippen molar-refractivity contribution in [2.24, 2.45) is 23.7 Å². The maximum absolute atomic E-state index is 9.18. The summed E-state index contributed by atoms with van der Waals surface area (Å²) in [5.41, 5.74) is 1.51. The Bertz CT molecular complexity index is 532. The number of halogens is 1. The van der Waals surface area contributed by atoms with Crippen LogP contribution in [0.15, 0.2) is 18.2 Å². The van der Waals surface area contributed by atoms with E-state index in [2.05, 4.69) is 11.4 Å². The van der Waals surface area contributed by atoms with Gasteiger partial charge in [-0.05, 0) is 55.1 Å². The maximum atomic E-state index is 9.18. The number of hydrogen-bond acceptors (Lipinski definition) is 2. The van der Waals surface area contributed by atoms with Crippen molar-refractivity contribution < 1.29 is 0 Å². The zero-order valence-corrected chi connectivity index (χ0v) is 10.8. The zero-order chi connectivity index (χ0) is 12.3. The monoisotopic (exact) mass is 258 g/mol. The summed E-state index contributed by atoms with van der Waals surface area (Å²) in [7, 11) is 0. The molecule has 4 unspecified atom stereocenters. The quantitative estimate of drug-likeness (QED) is 0.879. The van der Waals surface area contributed by atoms with Gasteiger partial charge >= 0.3 is 0 Å². The highest BCUT2D eigenvalue weighted by molar-refractivity contribution is 6.32. The largest absolute Gasteiger partial charge is 0.381 e. The Morgan fingerprint density at radius 2 is 1.94 bits per heavy atom. The molecule has 1 N–H and O–H groups in total. The first-order chi connectivity index (χ1) is 8.79. The lowest BCUT2D eigenvalue weighted by Gasteiger charge is -2.13. The average molecular weight is 259 g/mol. The van der Waals surface area contributed by atoms with Gasteiger partial charge in [0.15, 0.2) is 0 Å². The van der Waals surface area contributed by atoms with E-state index in [1.165, 1.54) is 19.3 Å². The number of nitrogens with one attached hydrogen (secondary N) is 1. The smallest absolute Gasteiger partial charge is 0.103 e. The summed E-state index contributed by atoms with van der Waals surface area (Å²) in [5, 5.41) is 13.3. The van der Waals surface area contributed by atoms with E-state index >= 15 is 0 Å². The molecule has 0 aliphatic heterocycles. The van der Waals surface area contributed by atoms with E-state index in [0.717, 1.165) is 29.4 Å². The Morgan fingerprint density at radius 1 is 1.22 bits per heavy atom. The minimum Gasteiger partial charge on any atom is -0.381 e. The molecule has 1 aromatic rings. The van der Waals surface area contributed by atoms with Crippen LogP contribution in [0.1, 0.15) is 24.8 Å². The summed E-state index contributed by atoms with van der Waals surface area (Å²) in [4.78, 5) is 0. The molecular formula is C15H15ClN2. The summed E-state index contributed by atoms with van der Waals surface area (Å²) in [6.07, 6.45) is 4.30. The van der Waals surface area contributed by atoms with Gasteiger partial charge in [0, 0.05) is 6.04 Å². The van der Waals surface area contributed by atoms with Gasteiger partial charge in [-0.3, -0.25) is 0 Å². The summed E-state index contributed by atoms with van der Waals surface area (Å²) >= 11 is 6.06. The second-order valence-corrected chi connectivity index (χ2v) is 6.34. The minimum absolute atomic E-state index is 0.552. The van der Waals surface area contributed by atoms with Crippen LogP contribution in [0, 0.1) is 35.0 Å². The SMILES string of the molecule is N#Cc1c(Cl)cccc1NC1C2C3CCC(C3)C12. The van der Waals surface area contributed by atoms with E-state index in [4.69, 9.17) is 11.6 Å². The summed E-state index contributed by atoms with van der Waals surface area (Å²) in [6, 6.07) is 8.47. The summed E-state index contributed by atoms with van der Waals surface area (Å²) < 4.78 is 0. The Kier molecular flexibility index (Phi) is 2.17. The molecule has 4 atom stereocenters. The van der Waals surface area contributed by atoms with Crippen LogP contribution in [-0.4, -0.2) is 6.04 Å². The molecule has 0 spiro atoms. The topological polar surface area (TPSA) is 35.8 Å². The molecule has 4 rings (SSSR count). The lowest BCUT2D eigenvalue weighted by atomic mass is 10.0. The fourth-order valence-corrected chi connectivity index (χ4v) is 4.67. The van der Waals surface area contributed by atoms with Crippen LogP contribution in [0.4, 0.5) is 5.69 Å². The van der Waals surface area contributed by atoms with Crippen molar-refractivity contribution in [2.45, 2.75) is 25.3 Å². The molecule has 18 heavy (non-hydrogen) atoms. The first-order valence-electron chi connectivity index (χ1n) is 6.74. The minimum atomic E-state index is 0.552. The van der Waals surface area contributed by atoms with E-state index in [1.807, 2.05) is 12.1 Å². The number of fused-ring (bicyclic) bond motifs is 5. The van der Waals surface area contributed by atoms with E-state index < -0.39 is 0 Å². The van der Waals surface area contributed by atoms with Gasteiger partial charge in [-0.25, -0.2) is 0 Å². The maximum Gasteiger partial charge on any atom is 0.103 e. The molecule has 0 saturated heterocycles. The number of nitriles is 1. The van der Waals surface area contributed by atoms with Crippen molar-refractivity contribution in [1.82, 2.24) is 0 Å². The molecule has 3 saturated carbocycles. The van der Waals surface area contributed by atoms with Crippen LogP contribution in [0.25, 0.3) is 0 Å². The van der Waals surface area contributed by atoms with Crippen molar-refractivity contribution in [3.8, 4) is 6.07 Å². The molecule has 3 heteroatoms. The first kappa shape index (κ1) is 10.7. The molecule has 0 heterocycles. The highest BCUT2D eigenvalue weighted by atomic mass is 35.5. The number of nitrogens with zero attached hydrogens (tertiary/aromatic N) is 1. The number of benzene rings is 1. The lowest BCUT2D eigenvalue weighted by Crippen LogP contribution is -2.13. The number of rotatable bonds is 2. The molecular weight excluding hydrogens is 244 g/mol. The van der Waals surface area contributed by atoms with E-state index in [1.54, 1.807) is 6.07 Å². The van der Waals surface area contributed by atoms with E-state index in [0.29, 0.717) is 16.6 Å². The second-order valence-electron chi connectivity index (χ2n) is 5.93. The first-order valence-corrected chi connectivity index (χ1v) is 7.12. The predicted molar refractivity (Wildman–Crippen MR) is 71.4 cm³/mol. The van der Waals surface area contributed by atoms with Crippen LogP contribution < -0.4 is 5.32 Å². The normalized spacial score (nSPS) is 39.2. The van der Waals surface area contributed by atoms with Gasteiger partial charge in [-0.1, -0.05) is 17.7 Å². The van der Waals surface area contributed by atoms with Crippen LogP contribution in [0.5, 0.6) is 0 Å². The van der Waals surface area contributed by atoms with Gasteiger partial charge < -0.3 is 5.32 Å². The highest BCUT2D eigenvalue weighted by Crippen LogP contribution is 2.66. The second kappa shape index (κ2) is 3.65. The van der Waals surface area contributed by atoms with Gasteiger partial charge in [0.1, 0.15) is 6.07 Å². The number of hydrogen-bond donors (Lipinski definition) is 1. The standard InChI is InChI=1S/C15H15ClN2/c16-11-2-1-3-12(10(11)7-17)18-15-13-8-4-5-9(6-8)14(13)15/h1-3,8-9,13-15,18H,4-6H2. The van der Waals surface area contributed by atoms with Crippen LogP contribution in [0.3, 0.4) is 0 Å². The molecule has 3 fully saturated rings. The van der Waals surface area contributed by atoms with Gasteiger partial charge in [-0.2, -0.15) is 5.26 Å². The molecule has 0 amide bonds. The molecule has 2 bridgehead atoms. The van der Waals surface area contributed by atoms with Crippen molar-refractivity contribution in [2.75, 3.05) is 5.32 Å². The van der Waals surface area contributed by atoms with Crippen LogP contribution >= 0.6 is 11.6 Å². The predicted octanol–water partition coefficient (Wildman–Crippen LogP) is 3.67. The van der Waals surface area contributed by atoms with E-state index in [9.17, 15) is 5.26 Å². The third kappa shape index (κ3) is 1.34. The Labute approximate surface area is 112 Å². The van der Waals surface area contributed by atoms with Crippen molar-refractivity contribution in [1.29, 1.82) is 5.26 Å². The summed E-state index contributed by atoms with van der Waals surface area (Å²) in [5.74, 6) is 3.63. The molecule has 1 aromatic carbocycles. The van der Waals surface area contributed by atoms with Crippen molar-refractivity contribution in [3.05, 3.63) is 28.8 Å². The third-order valence-corrected chi connectivity index (χ3v) is 5.50. The summed E-state index contributed by atoms with van der Waals surface area (Å²) in [6.45, 7) is 0. The Balaban J connectivity index is 1.58.